The fourth-order valence-corrected chi connectivity index (χ4v) is 1.23. The summed E-state index contributed by atoms with van der Waals surface area (Å²) in [6, 6.07) is 10.5. The summed E-state index contributed by atoms with van der Waals surface area (Å²) in [6.07, 6.45) is 4.15. The summed E-state index contributed by atoms with van der Waals surface area (Å²) in [5, 5.41) is 0. The summed E-state index contributed by atoms with van der Waals surface area (Å²) in [6.45, 7) is 4.25. The van der Waals surface area contributed by atoms with E-state index in [2.05, 4.69) is 49.9 Å². The minimum absolute atomic E-state index is 1.01. The van der Waals surface area contributed by atoms with Gasteiger partial charge in [-0.25, -0.2) is 0 Å². The lowest BCUT2D eigenvalue weighted by atomic mass is 10.1. The molecule has 0 radical (unpaired) electrons. The second kappa shape index (κ2) is 5.40. The number of hydrogen-bond donors (Lipinski definition) is 0. The van der Waals surface area contributed by atoms with Gasteiger partial charge in [0.25, 0.3) is 0 Å². The lowest BCUT2D eigenvalue weighted by molar-refractivity contribution is 1.14. The quantitative estimate of drug-likeness (QED) is 0.609. The van der Waals surface area contributed by atoms with Crippen LogP contribution in [0.5, 0.6) is 0 Å². The van der Waals surface area contributed by atoms with E-state index in [-0.39, 0.29) is 0 Å². The van der Waals surface area contributed by atoms with Crippen LogP contribution in [0.4, 0.5) is 0 Å². The molecule has 0 heteroatoms. The van der Waals surface area contributed by atoms with Crippen LogP contribution < -0.4 is 0 Å². The molecule has 0 N–H and O–H groups in total. The van der Waals surface area contributed by atoms with Crippen LogP contribution in [0.3, 0.4) is 0 Å². The Morgan fingerprint density at radius 2 is 2.00 bits per heavy atom. The third-order valence-electron chi connectivity index (χ3n) is 1.86. The van der Waals surface area contributed by atoms with Crippen LogP contribution in [0.25, 0.3) is 0 Å². The molecule has 0 fully saturated rings. The van der Waals surface area contributed by atoms with Gasteiger partial charge in [0.2, 0.25) is 0 Å². The predicted octanol–water partition coefficient (Wildman–Crippen LogP) is 3.74. The summed E-state index contributed by atoms with van der Waals surface area (Å²) in [5.41, 5.74) is 5.93. The van der Waals surface area contributed by atoms with Crippen molar-refractivity contribution < 1.29 is 0 Å². The zero-order valence-corrected chi connectivity index (χ0v) is 8.38. The number of allylic oxidation sites excluding steroid dienone is 1. The average Bonchev–Trinajstić information content (AvgIpc) is 2.16. The molecule has 0 aliphatic carbocycles. The molecule has 0 unspecified atom stereocenters. The van der Waals surface area contributed by atoms with E-state index in [9.17, 15) is 0 Å². The molecule has 0 heterocycles. The molecule has 0 aliphatic rings. The van der Waals surface area contributed by atoms with Crippen LogP contribution in [-0.2, 0) is 6.42 Å². The highest BCUT2D eigenvalue weighted by Gasteiger charge is 1.90. The summed E-state index contributed by atoms with van der Waals surface area (Å²) in [7, 11) is 0. The molecular formula is C13H16. The molecule has 68 valence electrons. The molecule has 0 saturated carbocycles. The van der Waals surface area contributed by atoms with Crippen LogP contribution in [0.1, 0.15) is 25.8 Å². The van der Waals surface area contributed by atoms with Crippen molar-refractivity contribution >= 4 is 0 Å². The van der Waals surface area contributed by atoms with Gasteiger partial charge < -0.3 is 0 Å². The first-order valence-electron chi connectivity index (χ1n) is 4.77. The number of hydrogen-bond acceptors (Lipinski definition) is 0. The summed E-state index contributed by atoms with van der Waals surface area (Å²) in [4.78, 5) is 0. The van der Waals surface area contributed by atoms with Crippen molar-refractivity contribution in [3.05, 3.63) is 53.3 Å². The molecule has 1 aromatic rings. The standard InChI is InChI=1S/C13H16/c1-3-4-8-12(2)11-13-9-6-5-7-10-13/h4-7,9-10H,3,11H2,1-2H3. The maximum absolute atomic E-state index is 3.27. The average molecular weight is 172 g/mol. The Labute approximate surface area is 80.6 Å². The Morgan fingerprint density at radius 3 is 2.62 bits per heavy atom. The minimum Gasteiger partial charge on any atom is -0.126 e. The Kier molecular flexibility index (Phi) is 4.08. The monoisotopic (exact) mass is 172 g/mol. The van der Waals surface area contributed by atoms with E-state index in [0.29, 0.717) is 0 Å². The van der Waals surface area contributed by atoms with Gasteiger partial charge in [-0.05, 0) is 30.6 Å². The van der Waals surface area contributed by atoms with Crippen molar-refractivity contribution in [3.8, 4) is 0 Å². The smallest absolute Gasteiger partial charge is 0.000622 e. The maximum Gasteiger partial charge on any atom is 0.000622 e. The highest BCUT2D eigenvalue weighted by Crippen LogP contribution is 2.05. The molecule has 1 rings (SSSR count). The van der Waals surface area contributed by atoms with Gasteiger partial charge in [0.15, 0.2) is 0 Å². The molecule has 0 saturated heterocycles. The van der Waals surface area contributed by atoms with E-state index in [0.717, 1.165) is 12.8 Å². The van der Waals surface area contributed by atoms with Gasteiger partial charge >= 0.3 is 0 Å². The summed E-state index contributed by atoms with van der Waals surface area (Å²) in [5.74, 6) is 0. The van der Waals surface area contributed by atoms with E-state index >= 15 is 0 Å². The van der Waals surface area contributed by atoms with Crippen LogP contribution in [-0.4, -0.2) is 0 Å². The zero-order chi connectivity index (χ0) is 9.52. The molecule has 0 nitrogen and oxygen atoms in total. The topological polar surface area (TPSA) is 0 Å². The van der Waals surface area contributed by atoms with E-state index < -0.39 is 0 Å². The maximum atomic E-state index is 3.27. The second-order valence-electron chi connectivity index (χ2n) is 3.20. The van der Waals surface area contributed by atoms with Crippen molar-refractivity contribution in [1.82, 2.24) is 0 Å². The normalized spacial score (nSPS) is 9.08. The second-order valence-corrected chi connectivity index (χ2v) is 3.20. The van der Waals surface area contributed by atoms with Gasteiger partial charge in [0.05, 0.1) is 0 Å². The van der Waals surface area contributed by atoms with Crippen molar-refractivity contribution in [3.63, 3.8) is 0 Å². The first kappa shape index (κ1) is 9.83. The molecule has 1 aromatic carbocycles. The van der Waals surface area contributed by atoms with Crippen molar-refractivity contribution in [1.29, 1.82) is 0 Å². The summed E-state index contributed by atoms with van der Waals surface area (Å²) >= 11 is 0. The van der Waals surface area contributed by atoms with Crippen LogP contribution in [0.2, 0.25) is 0 Å². The van der Waals surface area contributed by atoms with Gasteiger partial charge in [-0.2, -0.15) is 0 Å². The first-order chi connectivity index (χ1) is 6.33. The molecule has 0 spiro atoms. The van der Waals surface area contributed by atoms with Crippen molar-refractivity contribution in [2.45, 2.75) is 26.7 Å². The molecule has 0 aromatic heterocycles. The molecule has 13 heavy (non-hydrogen) atoms. The molecule has 0 aliphatic heterocycles. The number of rotatable bonds is 3. The van der Waals surface area contributed by atoms with Crippen LogP contribution in [0, 0.1) is 0 Å². The van der Waals surface area contributed by atoms with Gasteiger partial charge in [-0.3, -0.25) is 0 Å². The van der Waals surface area contributed by atoms with Crippen molar-refractivity contribution in [2.24, 2.45) is 0 Å². The lowest BCUT2D eigenvalue weighted by Gasteiger charge is -1.97. The SMILES string of the molecule is CCC=C=C(C)Cc1ccccc1. The molecule has 0 atom stereocenters. The molecule has 0 bridgehead atoms. The van der Waals surface area contributed by atoms with E-state index in [1.807, 2.05) is 6.07 Å². The lowest BCUT2D eigenvalue weighted by Crippen LogP contribution is -1.83. The number of benzene rings is 1. The molecule has 0 amide bonds. The highest BCUT2D eigenvalue weighted by atomic mass is 14.0. The third kappa shape index (κ3) is 3.78. The Hall–Kier alpha value is -1.26. The van der Waals surface area contributed by atoms with Gasteiger partial charge in [-0.1, -0.05) is 37.3 Å². The Bertz CT molecular complexity index is 300. The van der Waals surface area contributed by atoms with Crippen LogP contribution in [0.15, 0.2) is 47.7 Å². The summed E-state index contributed by atoms with van der Waals surface area (Å²) < 4.78 is 0. The van der Waals surface area contributed by atoms with Gasteiger partial charge in [0, 0.05) is 6.42 Å². The first-order valence-corrected chi connectivity index (χ1v) is 4.77. The predicted molar refractivity (Wildman–Crippen MR) is 57.7 cm³/mol. The third-order valence-corrected chi connectivity index (χ3v) is 1.86. The van der Waals surface area contributed by atoms with Crippen molar-refractivity contribution in [2.75, 3.05) is 0 Å². The minimum atomic E-state index is 1.01. The van der Waals surface area contributed by atoms with E-state index in [1.54, 1.807) is 0 Å². The largest absolute Gasteiger partial charge is 0.126 e. The Morgan fingerprint density at radius 1 is 1.31 bits per heavy atom. The molecular weight excluding hydrogens is 156 g/mol. The van der Waals surface area contributed by atoms with Crippen LogP contribution >= 0.6 is 0 Å². The zero-order valence-electron chi connectivity index (χ0n) is 8.38. The van der Waals surface area contributed by atoms with Gasteiger partial charge in [0.1, 0.15) is 0 Å². The highest BCUT2D eigenvalue weighted by molar-refractivity contribution is 5.20. The van der Waals surface area contributed by atoms with E-state index in [4.69, 9.17) is 0 Å². The van der Waals surface area contributed by atoms with E-state index in [1.165, 1.54) is 11.1 Å². The van der Waals surface area contributed by atoms with Gasteiger partial charge in [-0.15, -0.1) is 5.73 Å². The fraction of sp³-hybridized carbons (Fsp3) is 0.308. The Balaban J connectivity index is 2.65. The fourth-order valence-electron chi connectivity index (χ4n) is 1.23.